The van der Waals surface area contributed by atoms with Gasteiger partial charge in [0.05, 0.1) is 22.8 Å². The molecule has 2 amide bonds. The lowest BCUT2D eigenvalue weighted by molar-refractivity contribution is 0.0952. The summed E-state index contributed by atoms with van der Waals surface area (Å²) in [6.45, 7) is 2.33. The third kappa shape index (κ3) is 4.30. The van der Waals surface area contributed by atoms with Crippen molar-refractivity contribution in [1.29, 1.82) is 0 Å². The quantitative estimate of drug-likeness (QED) is 0.737. The standard InChI is InChI=1S/C19H17N3O2S/c1-13-20-11-15(25-13)12-21-19(24)16-9-5-6-10-17(16)22-18(23)14-7-3-2-4-8-14/h2-11H,12H2,1H3,(H,21,24)(H,22,23). The molecule has 0 fully saturated rings. The van der Waals surface area contributed by atoms with Gasteiger partial charge in [0.2, 0.25) is 0 Å². The summed E-state index contributed by atoms with van der Waals surface area (Å²) in [7, 11) is 0. The SMILES string of the molecule is Cc1ncc(CNC(=O)c2ccccc2NC(=O)c2ccccc2)s1. The number of hydrogen-bond donors (Lipinski definition) is 2. The summed E-state index contributed by atoms with van der Waals surface area (Å²) in [6.07, 6.45) is 1.75. The maximum absolute atomic E-state index is 12.5. The molecule has 3 rings (SSSR count). The average molecular weight is 351 g/mol. The molecule has 2 N–H and O–H groups in total. The molecule has 0 aliphatic rings. The van der Waals surface area contributed by atoms with E-state index in [9.17, 15) is 9.59 Å². The van der Waals surface area contributed by atoms with Crippen LogP contribution in [0, 0.1) is 6.92 Å². The van der Waals surface area contributed by atoms with Crippen LogP contribution < -0.4 is 10.6 Å². The lowest BCUT2D eigenvalue weighted by atomic mass is 10.1. The van der Waals surface area contributed by atoms with Crippen LogP contribution in [0.3, 0.4) is 0 Å². The lowest BCUT2D eigenvalue weighted by Crippen LogP contribution is -2.24. The average Bonchev–Trinajstić information content (AvgIpc) is 3.06. The molecule has 5 nitrogen and oxygen atoms in total. The van der Waals surface area contributed by atoms with Gasteiger partial charge in [-0.15, -0.1) is 11.3 Å². The number of nitrogens with zero attached hydrogens (tertiary/aromatic N) is 1. The van der Waals surface area contributed by atoms with Crippen LogP contribution in [-0.4, -0.2) is 16.8 Å². The molecule has 1 aromatic heterocycles. The summed E-state index contributed by atoms with van der Waals surface area (Å²) < 4.78 is 0. The Morgan fingerprint density at radius 2 is 1.72 bits per heavy atom. The van der Waals surface area contributed by atoms with E-state index in [1.54, 1.807) is 66.1 Å². The van der Waals surface area contributed by atoms with Gasteiger partial charge in [-0.05, 0) is 31.2 Å². The number of thiazole rings is 1. The van der Waals surface area contributed by atoms with Crippen LogP contribution in [0.4, 0.5) is 5.69 Å². The fraction of sp³-hybridized carbons (Fsp3) is 0.105. The molecule has 0 atom stereocenters. The van der Waals surface area contributed by atoms with E-state index in [1.165, 1.54) is 0 Å². The topological polar surface area (TPSA) is 71.1 Å². The van der Waals surface area contributed by atoms with Crippen molar-refractivity contribution in [2.45, 2.75) is 13.5 Å². The second-order valence-electron chi connectivity index (χ2n) is 5.39. The van der Waals surface area contributed by atoms with E-state index < -0.39 is 0 Å². The largest absolute Gasteiger partial charge is 0.347 e. The number of benzene rings is 2. The molecule has 0 radical (unpaired) electrons. The predicted octanol–water partition coefficient (Wildman–Crippen LogP) is 3.63. The summed E-state index contributed by atoms with van der Waals surface area (Å²) in [5.74, 6) is -0.492. The molecule has 0 aliphatic heterocycles. The number of amides is 2. The molecule has 3 aromatic rings. The van der Waals surface area contributed by atoms with E-state index in [-0.39, 0.29) is 11.8 Å². The Morgan fingerprint density at radius 3 is 2.44 bits per heavy atom. The zero-order valence-corrected chi connectivity index (χ0v) is 14.5. The molecular formula is C19H17N3O2S. The third-order valence-corrected chi connectivity index (χ3v) is 4.46. The van der Waals surface area contributed by atoms with E-state index in [4.69, 9.17) is 0 Å². The highest BCUT2D eigenvalue weighted by molar-refractivity contribution is 7.11. The van der Waals surface area contributed by atoms with Crippen LogP contribution in [0.25, 0.3) is 0 Å². The number of para-hydroxylation sites is 1. The summed E-state index contributed by atoms with van der Waals surface area (Å²) in [5.41, 5.74) is 1.44. The van der Waals surface area contributed by atoms with Gasteiger partial charge in [-0.1, -0.05) is 30.3 Å². The molecule has 2 aromatic carbocycles. The smallest absolute Gasteiger partial charge is 0.255 e. The number of aryl methyl sites for hydroxylation is 1. The number of rotatable bonds is 5. The molecule has 6 heteroatoms. The minimum Gasteiger partial charge on any atom is -0.347 e. The number of carbonyl (C=O) groups is 2. The molecule has 0 spiro atoms. The fourth-order valence-electron chi connectivity index (χ4n) is 2.32. The Balaban J connectivity index is 1.71. The van der Waals surface area contributed by atoms with Gasteiger partial charge in [0.1, 0.15) is 0 Å². The Kier molecular flexibility index (Phi) is 5.20. The zero-order chi connectivity index (χ0) is 17.6. The van der Waals surface area contributed by atoms with Crippen molar-refractivity contribution >= 4 is 28.8 Å². The first kappa shape index (κ1) is 16.9. The van der Waals surface area contributed by atoms with Gasteiger partial charge in [0.25, 0.3) is 11.8 Å². The highest BCUT2D eigenvalue weighted by Gasteiger charge is 2.14. The molecule has 0 saturated heterocycles. The third-order valence-electron chi connectivity index (χ3n) is 3.55. The van der Waals surface area contributed by atoms with Crippen molar-refractivity contribution in [1.82, 2.24) is 10.3 Å². The Morgan fingerprint density at radius 1 is 1.00 bits per heavy atom. The van der Waals surface area contributed by atoms with Gasteiger partial charge in [0, 0.05) is 16.6 Å². The molecule has 0 bridgehead atoms. The van der Waals surface area contributed by atoms with Crippen molar-refractivity contribution in [3.63, 3.8) is 0 Å². The second-order valence-corrected chi connectivity index (χ2v) is 6.71. The molecular weight excluding hydrogens is 334 g/mol. The van der Waals surface area contributed by atoms with E-state index in [2.05, 4.69) is 15.6 Å². The van der Waals surface area contributed by atoms with Crippen LogP contribution in [0.15, 0.2) is 60.8 Å². The number of aromatic nitrogens is 1. The van der Waals surface area contributed by atoms with Crippen LogP contribution in [0.5, 0.6) is 0 Å². The summed E-state index contributed by atoms with van der Waals surface area (Å²) >= 11 is 1.54. The minimum atomic E-state index is -0.251. The van der Waals surface area contributed by atoms with Crippen LogP contribution in [0.2, 0.25) is 0 Å². The lowest BCUT2D eigenvalue weighted by Gasteiger charge is -2.11. The van der Waals surface area contributed by atoms with E-state index in [0.29, 0.717) is 23.4 Å². The first-order valence-electron chi connectivity index (χ1n) is 7.78. The number of carbonyl (C=O) groups excluding carboxylic acids is 2. The molecule has 126 valence electrons. The monoisotopic (exact) mass is 351 g/mol. The van der Waals surface area contributed by atoms with Crippen molar-refractivity contribution < 1.29 is 9.59 Å². The van der Waals surface area contributed by atoms with E-state index in [1.807, 2.05) is 13.0 Å². The summed E-state index contributed by atoms with van der Waals surface area (Å²) in [5, 5.41) is 6.62. The van der Waals surface area contributed by atoms with E-state index >= 15 is 0 Å². The highest BCUT2D eigenvalue weighted by atomic mass is 32.1. The summed E-state index contributed by atoms with van der Waals surface area (Å²) in [6, 6.07) is 15.8. The van der Waals surface area contributed by atoms with Crippen molar-refractivity contribution in [3.8, 4) is 0 Å². The van der Waals surface area contributed by atoms with Gasteiger partial charge >= 0.3 is 0 Å². The van der Waals surface area contributed by atoms with Gasteiger partial charge in [0.15, 0.2) is 0 Å². The second kappa shape index (κ2) is 7.72. The maximum atomic E-state index is 12.5. The highest BCUT2D eigenvalue weighted by Crippen LogP contribution is 2.17. The van der Waals surface area contributed by atoms with Crippen LogP contribution in [0.1, 0.15) is 30.6 Å². The van der Waals surface area contributed by atoms with Gasteiger partial charge in [-0.25, -0.2) is 4.98 Å². The van der Waals surface area contributed by atoms with Gasteiger partial charge < -0.3 is 10.6 Å². The van der Waals surface area contributed by atoms with E-state index in [0.717, 1.165) is 9.88 Å². The Hall–Kier alpha value is -2.99. The molecule has 0 saturated carbocycles. The molecule has 1 heterocycles. The first-order valence-corrected chi connectivity index (χ1v) is 8.60. The molecule has 0 unspecified atom stereocenters. The van der Waals surface area contributed by atoms with Crippen molar-refractivity contribution in [3.05, 3.63) is 81.8 Å². The minimum absolute atomic E-state index is 0.241. The normalized spacial score (nSPS) is 10.3. The summed E-state index contributed by atoms with van der Waals surface area (Å²) in [4.78, 5) is 30.0. The molecule has 0 aliphatic carbocycles. The number of anilines is 1. The maximum Gasteiger partial charge on any atom is 0.255 e. The molecule has 25 heavy (non-hydrogen) atoms. The van der Waals surface area contributed by atoms with Crippen molar-refractivity contribution in [2.75, 3.05) is 5.32 Å². The van der Waals surface area contributed by atoms with Crippen LogP contribution in [-0.2, 0) is 6.54 Å². The predicted molar refractivity (Wildman–Crippen MR) is 98.9 cm³/mol. The zero-order valence-electron chi connectivity index (χ0n) is 13.7. The van der Waals surface area contributed by atoms with Crippen molar-refractivity contribution in [2.24, 2.45) is 0 Å². The fourth-order valence-corrected chi connectivity index (χ4v) is 3.06. The first-order chi connectivity index (χ1) is 12.1. The Bertz CT molecular complexity index is 890. The number of hydrogen-bond acceptors (Lipinski definition) is 4. The number of nitrogens with one attached hydrogen (secondary N) is 2. The van der Waals surface area contributed by atoms with Gasteiger partial charge in [-0.2, -0.15) is 0 Å². The van der Waals surface area contributed by atoms with Gasteiger partial charge in [-0.3, -0.25) is 9.59 Å². The Labute approximate surface area is 149 Å². The van der Waals surface area contributed by atoms with Crippen LogP contribution >= 0.6 is 11.3 Å².